The lowest BCUT2D eigenvalue weighted by Gasteiger charge is -2.12. The molecule has 2 atom stereocenters. The third-order valence-corrected chi connectivity index (χ3v) is 4.63. The van der Waals surface area contributed by atoms with Gasteiger partial charge in [-0.05, 0) is 19.1 Å². The molecule has 4 nitrogen and oxygen atoms in total. The lowest BCUT2D eigenvalue weighted by Crippen LogP contribution is -2.18. The molecule has 0 spiro atoms. The third-order valence-electron chi connectivity index (χ3n) is 3.10. The molecule has 0 amide bonds. The van der Waals surface area contributed by atoms with E-state index in [1.807, 2.05) is 23.6 Å². The number of nitrogens with zero attached hydrogens (tertiary/aromatic N) is 3. The van der Waals surface area contributed by atoms with Crippen LogP contribution in [0.2, 0.25) is 0 Å². The second kappa shape index (κ2) is 5.72. The van der Waals surface area contributed by atoms with Crippen molar-refractivity contribution in [2.75, 3.05) is 6.26 Å². The van der Waals surface area contributed by atoms with Gasteiger partial charge in [0.2, 0.25) is 0 Å². The predicted molar refractivity (Wildman–Crippen MR) is 77.5 cm³/mol. The van der Waals surface area contributed by atoms with Gasteiger partial charge in [0.25, 0.3) is 0 Å². The highest BCUT2D eigenvalue weighted by atomic mass is 35.5. The summed E-state index contributed by atoms with van der Waals surface area (Å²) in [6.45, 7) is 2.50. The molecule has 0 aliphatic rings. The average Bonchev–Trinajstić information content (AvgIpc) is 2.76. The van der Waals surface area contributed by atoms with Crippen LogP contribution in [0.15, 0.2) is 18.2 Å². The highest BCUT2D eigenvalue weighted by Crippen LogP contribution is 2.21. The van der Waals surface area contributed by atoms with E-state index in [2.05, 4.69) is 11.1 Å². The number of halogens is 1. The van der Waals surface area contributed by atoms with Gasteiger partial charge < -0.3 is 4.57 Å². The number of hydrogen-bond acceptors (Lipinski definition) is 3. The van der Waals surface area contributed by atoms with Crippen molar-refractivity contribution < 1.29 is 4.21 Å². The summed E-state index contributed by atoms with van der Waals surface area (Å²) < 4.78 is 13.5. The Morgan fingerprint density at radius 3 is 2.89 bits per heavy atom. The maximum absolute atomic E-state index is 11.5. The highest BCUT2D eigenvalue weighted by molar-refractivity contribution is 7.84. The molecule has 1 aromatic heterocycles. The Balaban J connectivity index is 2.59. The minimum atomic E-state index is -0.912. The smallest absolute Gasteiger partial charge is 0.124 e. The van der Waals surface area contributed by atoms with Crippen molar-refractivity contribution >= 4 is 33.4 Å². The zero-order valence-corrected chi connectivity index (χ0v) is 12.3. The van der Waals surface area contributed by atoms with Crippen LogP contribution in [0.4, 0.5) is 0 Å². The first kappa shape index (κ1) is 14.0. The Bertz CT molecular complexity index is 674. The standard InChI is InChI=1S/C13H14ClN3OS/c1-9(19(2)18)8-17-11-5-3-4-10(7-15)13(11)16-12(17)6-14/h3-5,9H,6,8H2,1-2H3. The Labute approximate surface area is 119 Å². The maximum Gasteiger partial charge on any atom is 0.124 e. The molecule has 0 saturated carbocycles. The van der Waals surface area contributed by atoms with Crippen LogP contribution >= 0.6 is 11.6 Å². The van der Waals surface area contributed by atoms with E-state index >= 15 is 0 Å². The Hall–Kier alpha value is -1.38. The molecule has 0 N–H and O–H groups in total. The minimum absolute atomic E-state index is 0.00473. The van der Waals surface area contributed by atoms with Crippen molar-refractivity contribution in [3.8, 4) is 6.07 Å². The number of fused-ring (bicyclic) bond motifs is 1. The zero-order valence-electron chi connectivity index (χ0n) is 10.8. The van der Waals surface area contributed by atoms with E-state index in [1.165, 1.54) is 0 Å². The number of imidazole rings is 1. The number of benzene rings is 1. The van der Waals surface area contributed by atoms with Gasteiger partial charge in [0.15, 0.2) is 0 Å². The number of nitriles is 1. The average molecular weight is 296 g/mol. The lowest BCUT2D eigenvalue weighted by atomic mass is 10.2. The summed E-state index contributed by atoms with van der Waals surface area (Å²) >= 11 is 5.92. The van der Waals surface area contributed by atoms with E-state index in [0.29, 0.717) is 23.4 Å². The summed E-state index contributed by atoms with van der Waals surface area (Å²) in [6, 6.07) is 7.60. The molecule has 2 rings (SSSR count). The summed E-state index contributed by atoms with van der Waals surface area (Å²) in [5.74, 6) is 0.972. The van der Waals surface area contributed by atoms with Crippen LogP contribution < -0.4 is 0 Å². The molecule has 2 unspecified atom stereocenters. The van der Waals surface area contributed by atoms with Gasteiger partial charge >= 0.3 is 0 Å². The van der Waals surface area contributed by atoms with Crippen LogP contribution in [0.5, 0.6) is 0 Å². The molecule has 0 aliphatic carbocycles. The second-order valence-electron chi connectivity index (χ2n) is 4.37. The first-order valence-electron chi connectivity index (χ1n) is 5.85. The third kappa shape index (κ3) is 2.65. The van der Waals surface area contributed by atoms with Gasteiger partial charge in [-0.25, -0.2) is 4.98 Å². The van der Waals surface area contributed by atoms with E-state index in [9.17, 15) is 4.21 Å². The number of aromatic nitrogens is 2. The number of hydrogen-bond donors (Lipinski definition) is 0. The largest absolute Gasteiger partial charge is 0.326 e. The van der Waals surface area contributed by atoms with Crippen LogP contribution in [0.1, 0.15) is 18.3 Å². The lowest BCUT2D eigenvalue weighted by molar-refractivity contribution is 0.641. The Morgan fingerprint density at radius 1 is 1.58 bits per heavy atom. The summed E-state index contributed by atoms with van der Waals surface area (Å²) in [7, 11) is -0.912. The molecule has 0 bridgehead atoms. The van der Waals surface area contributed by atoms with Gasteiger partial charge in [0.05, 0.1) is 17.0 Å². The highest BCUT2D eigenvalue weighted by Gasteiger charge is 2.16. The molecule has 0 aliphatic heterocycles. The van der Waals surface area contributed by atoms with Crippen molar-refractivity contribution in [2.24, 2.45) is 0 Å². The summed E-state index contributed by atoms with van der Waals surface area (Å²) in [5.41, 5.74) is 2.06. The molecule has 0 fully saturated rings. The monoisotopic (exact) mass is 295 g/mol. The number of rotatable bonds is 4. The van der Waals surface area contributed by atoms with Crippen LogP contribution in [-0.2, 0) is 23.2 Å². The summed E-state index contributed by atoms with van der Waals surface area (Å²) in [5, 5.41) is 9.10. The molecule has 0 radical (unpaired) electrons. The van der Waals surface area contributed by atoms with Crippen LogP contribution in [0.25, 0.3) is 11.0 Å². The minimum Gasteiger partial charge on any atom is -0.326 e. The fourth-order valence-corrected chi connectivity index (χ4v) is 2.52. The van der Waals surface area contributed by atoms with Crippen molar-refractivity contribution in [2.45, 2.75) is 24.6 Å². The molecule has 0 saturated heterocycles. The van der Waals surface area contributed by atoms with E-state index in [4.69, 9.17) is 16.9 Å². The van der Waals surface area contributed by atoms with Gasteiger partial charge in [-0.15, -0.1) is 11.6 Å². The van der Waals surface area contributed by atoms with E-state index in [1.54, 1.807) is 12.3 Å². The van der Waals surface area contributed by atoms with Gasteiger partial charge in [-0.3, -0.25) is 4.21 Å². The van der Waals surface area contributed by atoms with Crippen molar-refractivity contribution in [3.63, 3.8) is 0 Å². The second-order valence-corrected chi connectivity index (χ2v) is 6.44. The van der Waals surface area contributed by atoms with Gasteiger partial charge in [0.1, 0.15) is 17.4 Å². The zero-order chi connectivity index (χ0) is 14.0. The topological polar surface area (TPSA) is 58.7 Å². The van der Waals surface area contributed by atoms with Crippen molar-refractivity contribution in [1.82, 2.24) is 9.55 Å². The molecular formula is C13H14ClN3OS. The van der Waals surface area contributed by atoms with E-state index in [-0.39, 0.29) is 11.1 Å². The summed E-state index contributed by atoms with van der Waals surface area (Å²) in [6.07, 6.45) is 1.69. The van der Waals surface area contributed by atoms with E-state index < -0.39 is 10.8 Å². The molecule has 1 aromatic carbocycles. The van der Waals surface area contributed by atoms with Crippen LogP contribution in [-0.4, -0.2) is 25.3 Å². The van der Waals surface area contributed by atoms with Gasteiger partial charge in [0, 0.05) is 28.9 Å². The Kier molecular flexibility index (Phi) is 4.23. The molecule has 6 heteroatoms. The van der Waals surface area contributed by atoms with Crippen molar-refractivity contribution in [3.05, 3.63) is 29.6 Å². The number of alkyl halides is 1. The van der Waals surface area contributed by atoms with Crippen LogP contribution in [0.3, 0.4) is 0 Å². The van der Waals surface area contributed by atoms with Gasteiger partial charge in [-0.2, -0.15) is 5.26 Å². The molecule has 19 heavy (non-hydrogen) atoms. The fourth-order valence-electron chi connectivity index (χ4n) is 1.95. The molecule has 2 aromatic rings. The predicted octanol–water partition coefficient (Wildman–Crippen LogP) is 2.41. The molecule has 100 valence electrons. The molecular weight excluding hydrogens is 282 g/mol. The SMILES string of the molecule is CC(Cn1c(CCl)nc2c(C#N)cccc21)S(C)=O. The summed E-state index contributed by atoms with van der Waals surface area (Å²) in [4.78, 5) is 4.42. The van der Waals surface area contributed by atoms with Crippen LogP contribution in [0, 0.1) is 11.3 Å². The quantitative estimate of drug-likeness (QED) is 0.814. The fraction of sp³-hybridized carbons (Fsp3) is 0.385. The number of para-hydroxylation sites is 1. The normalized spacial score (nSPS) is 14.2. The van der Waals surface area contributed by atoms with E-state index in [0.717, 1.165) is 5.52 Å². The van der Waals surface area contributed by atoms with Gasteiger partial charge in [-0.1, -0.05) is 6.07 Å². The van der Waals surface area contributed by atoms with Crippen molar-refractivity contribution in [1.29, 1.82) is 5.26 Å². The first-order chi connectivity index (χ1) is 9.08. The maximum atomic E-state index is 11.5. The Morgan fingerprint density at radius 2 is 2.32 bits per heavy atom. The molecule has 1 heterocycles. The first-order valence-corrected chi connectivity index (χ1v) is 8.00.